The molecule has 5 nitrogen and oxygen atoms in total. The standard InChI is InChI=1S/C21H38N4O/c1-7-22-20(24-17(2)13-14-21(4,5)6)23-15-8-9-16-25-18(3)11-10-12-19(25)26/h10-12,17H,7-9,13-16H2,1-6H3,(H2,22,23,24). The summed E-state index contributed by atoms with van der Waals surface area (Å²) >= 11 is 0. The van der Waals surface area contributed by atoms with Crippen LogP contribution in [0, 0.1) is 12.3 Å². The van der Waals surface area contributed by atoms with Crippen molar-refractivity contribution in [1.29, 1.82) is 0 Å². The zero-order valence-corrected chi connectivity index (χ0v) is 17.6. The Labute approximate surface area is 159 Å². The molecule has 0 bridgehead atoms. The Morgan fingerprint density at radius 2 is 2.00 bits per heavy atom. The third-order valence-electron chi connectivity index (χ3n) is 4.38. The number of hydrogen-bond donors (Lipinski definition) is 2. The molecule has 1 atom stereocenters. The van der Waals surface area contributed by atoms with E-state index in [9.17, 15) is 4.79 Å². The van der Waals surface area contributed by atoms with Crippen LogP contribution in [0.5, 0.6) is 0 Å². The van der Waals surface area contributed by atoms with Crippen LogP contribution in [0.2, 0.25) is 0 Å². The van der Waals surface area contributed by atoms with Gasteiger partial charge in [0.05, 0.1) is 0 Å². The molecule has 5 heteroatoms. The van der Waals surface area contributed by atoms with Gasteiger partial charge in [0.15, 0.2) is 5.96 Å². The molecule has 2 N–H and O–H groups in total. The van der Waals surface area contributed by atoms with E-state index in [1.165, 1.54) is 6.42 Å². The van der Waals surface area contributed by atoms with Crippen LogP contribution >= 0.6 is 0 Å². The van der Waals surface area contributed by atoms with Crippen molar-refractivity contribution in [3.8, 4) is 0 Å². The molecule has 0 aromatic carbocycles. The topological polar surface area (TPSA) is 58.4 Å². The maximum Gasteiger partial charge on any atom is 0.250 e. The molecule has 1 unspecified atom stereocenters. The number of nitrogens with one attached hydrogen (secondary N) is 2. The summed E-state index contributed by atoms with van der Waals surface area (Å²) in [6, 6.07) is 5.81. The fourth-order valence-corrected chi connectivity index (χ4v) is 2.76. The number of rotatable bonds is 9. The lowest BCUT2D eigenvalue weighted by molar-refractivity contribution is 0.346. The number of aliphatic imine (C=N–C) groups is 1. The molecule has 0 fully saturated rings. The number of aryl methyl sites for hydroxylation is 1. The highest BCUT2D eigenvalue weighted by molar-refractivity contribution is 5.80. The van der Waals surface area contributed by atoms with E-state index >= 15 is 0 Å². The molecule has 26 heavy (non-hydrogen) atoms. The molecule has 1 heterocycles. The molecule has 0 amide bonds. The highest BCUT2D eigenvalue weighted by Crippen LogP contribution is 2.21. The van der Waals surface area contributed by atoms with Gasteiger partial charge in [-0.1, -0.05) is 26.8 Å². The Bertz CT molecular complexity index is 613. The first kappa shape index (κ1) is 22.3. The van der Waals surface area contributed by atoms with E-state index in [4.69, 9.17) is 0 Å². The number of unbranched alkanes of at least 4 members (excludes halogenated alkanes) is 1. The zero-order valence-electron chi connectivity index (χ0n) is 17.6. The summed E-state index contributed by atoms with van der Waals surface area (Å²) in [4.78, 5) is 16.5. The number of pyridine rings is 1. The molecule has 1 rings (SSSR count). The first-order valence-corrected chi connectivity index (χ1v) is 9.94. The van der Waals surface area contributed by atoms with E-state index < -0.39 is 0 Å². The quantitative estimate of drug-likeness (QED) is 0.400. The summed E-state index contributed by atoms with van der Waals surface area (Å²) in [5.74, 6) is 0.891. The Kier molecular flexibility index (Phi) is 9.46. The summed E-state index contributed by atoms with van der Waals surface area (Å²) in [6.07, 6.45) is 4.23. The third-order valence-corrected chi connectivity index (χ3v) is 4.38. The number of hydrogen-bond acceptors (Lipinski definition) is 2. The van der Waals surface area contributed by atoms with Crippen molar-refractivity contribution in [3.63, 3.8) is 0 Å². The van der Waals surface area contributed by atoms with Crippen molar-refractivity contribution >= 4 is 5.96 Å². The van der Waals surface area contributed by atoms with Gasteiger partial charge in [-0.2, -0.15) is 0 Å². The van der Waals surface area contributed by atoms with Gasteiger partial charge in [0.1, 0.15) is 0 Å². The molecule has 0 spiro atoms. The van der Waals surface area contributed by atoms with Crippen LogP contribution in [0.4, 0.5) is 0 Å². The van der Waals surface area contributed by atoms with E-state index in [0.717, 1.165) is 50.6 Å². The largest absolute Gasteiger partial charge is 0.357 e. The van der Waals surface area contributed by atoms with Crippen LogP contribution in [0.25, 0.3) is 0 Å². The highest BCUT2D eigenvalue weighted by atomic mass is 16.1. The van der Waals surface area contributed by atoms with Gasteiger partial charge in [0.25, 0.3) is 5.56 Å². The number of aromatic nitrogens is 1. The summed E-state index contributed by atoms with van der Waals surface area (Å²) in [5, 5.41) is 6.82. The lowest BCUT2D eigenvalue weighted by atomic mass is 9.89. The summed E-state index contributed by atoms with van der Waals surface area (Å²) < 4.78 is 1.84. The molecule has 0 radical (unpaired) electrons. The first-order valence-electron chi connectivity index (χ1n) is 9.94. The second-order valence-corrected chi connectivity index (χ2v) is 8.27. The van der Waals surface area contributed by atoms with Crippen LogP contribution in [0.3, 0.4) is 0 Å². The number of nitrogens with zero attached hydrogens (tertiary/aromatic N) is 2. The van der Waals surface area contributed by atoms with Crippen molar-refractivity contribution in [2.45, 2.75) is 79.8 Å². The normalized spacial score (nSPS) is 13.5. The molecular weight excluding hydrogens is 324 g/mol. The van der Waals surface area contributed by atoms with Crippen LogP contribution < -0.4 is 16.2 Å². The van der Waals surface area contributed by atoms with Gasteiger partial charge in [-0.25, -0.2) is 0 Å². The lowest BCUT2D eigenvalue weighted by Crippen LogP contribution is -2.42. The summed E-state index contributed by atoms with van der Waals surface area (Å²) in [6.45, 7) is 15.5. The molecule has 0 saturated heterocycles. The van der Waals surface area contributed by atoms with Crippen molar-refractivity contribution in [2.24, 2.45) is 10.4 Å². The lowest BCUT2D eigenvalue weighted by Gasteiger charge is -2.23. The average Bonchev–Trinajstić information content (AvgIpc) is 2.54. The second kappa shape index (κ2) is 11.0. The molecule has 0 saturated carbocycles. The van der Waals surface area contributed by atoms with E-state index in [2.05, 4.69) is 50.2 Å². The van der Waals surface area contributed by atoms with Gasteiger partial charge in [0.2, 0.25) is 0 Å². The van der Waals surface area contributed by atoms with Crippen molar-refractivity contribution in [3.05, 3.63) is 34.2 Å². The van der Waals surface area contributed by atoms with Gasteiger partial charge in [0, 0.05) is 37.4 Å². The van der Waals surface area contributed by atoms with Gasteiger partial charge in [-0.05, 0) is 57.9 Å². The highest BCUT2D eigenvalue weighted by Gasteiger charge is 2.13. The fraction of sp³-hybridized carbons (Fsp3) is 0.714. The van der Waals surface area contributed by atoms with Gasteiger partial charge in [-0.15, -0.1) is 0 Å². The van der Waals surface area contributed by atoms with Crippen molar-refractivity contribution in [1.82, 2.24) is 15.2 Å². The molecular formula is C21H38N4O. The van der Waals surface area contributed by atoms with Gasteiger partial charge in [-0.3, -0.25) is 9.79 Å². The van der Waals surface area contributed by atoms with E-state index in [1.807, 2.05) is 23.6 Å². The Morgan fingerprint density at radius 1 is 1.27 bits per heavy atom. The van der Waals surface area contributed by atoms with Gasteiger partial charge < -0.3 is 15.2 Å². The zero-order chi connectivity index (χ0) is 19.6. The predicted octanol–water partition coefficient (Wildman–Crippen LogP) is 3.71. The number of guanidine groups is 1. The SMILES string of the molecule is CCNC(=NCCCCn1c(C)cccc1=O)NC(C)CCC(C)(C)C. The van der Waals surface area contributed by atoms with Crippen LogP contribution in [0.15, 0.2) is 28.0 Å². The minimum atomic E-state index is 0.0798. The molecule has 1 aromatic heterocycles. The monoisotopic (exact) mass is 362 g/mol. The minimum absolute atomic E-state index is 0.0798. The summed E-state index contributed by atoms with van der Waals surface area (Å²) in [5.41, 5.74) is 1.46. The van der Waals surface area contributed by atoms with Crippen LogP contribution in [0.1, 0.15) is 66.0 Å². The molecule has 0 aliphatic rings. The third kappa shape index (κ3) is 9.07. The van der Waals surface area contributed by atoms with Crippen molar-refractivity contribution in [2.75, 3.05) is 13.1 Å². The van der Waals surface area contributed by atoms with Gasteiger partial charge >= 0.3 is 0 Å². The molecule has 148 valence electrons. The maximum atomic E-state index is 11.9. The van der Waals surface area contributed by atoms with E-state index in [-0.39, 0.29) is 5.56 Å². The minimum Gasteiger partial charge on any atom is -0.357 e. The van der Waals surface area contributed by atoms with E-state index in [0.29, 0.717) is 11.5 Å². The van der Waals surface area contributed by atoms with Crippen molar-refractivity contribution < 1.29 is 0 Å². The molecule has 1 aromatic rings. The van der Waals surface area contributed by atoms with Crippen LogP contribution in [-0.2, 0) is 6.54 Å². The Hall–Kier alpha value is -1.78. The predicted molar refractivity (Wildman–Crippen MR) is 112 cm³/mol. The smallest absolute Gasteiger partial charge is 0.250 e. The molecule has 0 aliphatic heterocycles. The second-order valence-electron chi connectivity index (χ2n) is 8.27. The maximum absolute atomic E-state index is 11.9. The Balaban J connectivity index is 2.42. The fourth-order valence-electron chi connectivity index (χ4n) is 2.76. The summed E-state index contributed by atoms with van der Waals surface area (Å²) in [7, 11) is 0. The first-order chi connectivity index (χ1) is 12.2. The average molecular weight is 363 g/mol. The molecule has 0 aliphatic carbocycles. The van der Waals surface area contributed by atoms with Crippen LogP contribution in [-0.4, -0.2) is 29.7 Å². The Morgan fingerprint density at radius 3 is 2.62 bits per heavy atom. The van der Waals surface area contributed by atoms with E-state index in [1.54, 1.807) is 6.07 Å².